The van der Waals surface area contributed by atoms with Gasteiger partial charge in [0.05, 0.1) is 24.3 Å². The van der Waals surface area contributed by atoms with Crippen LogP contribution in [0.1, 0.15) is 24.2 Å². The summed E-state index contributed by atoms with van der Waals surface area (Å²) in [6, 6.07) is 4.44. The molecule has 0 aliphatic carbocycles. The molecule has 5 heteroatoms. The van der Waals surface area contributed by atoms with Crippen molar-refractivity contribution in [1.29, 1.82) is 0 Å². The molecule has 0 saturated carbocycles. The van der Waals surface area contributed by atoms with Crippen LogP contribution in [0.3, 0.4) is 0 Å². The van der Waals surface area contributed by atoms with Crippen molar-refractivity contribution in [3.05, 3.63) is 29.6 Å². The van der Waals surface area contributed by atoms with Crippen LogP contribution in [0, 0.1) is 11.7 Å². The lowest BCUT2D eigenvalue weighted by molar-refractivity contribution is -0.144. The highest BCUT2D eigenvalue weighted by atomic mass is 19.1. The second-order valence-corrected chi connectivity index (χ2v) is 4.49. The largest absolute Gasteiger partial charge is 0.469 e. The minimum atomic E-state index is -0.553. The van der Waals surface area contributed by atoms with Crippen LogP contribution < -0.4 is 4.90 Å². The van der Waals surface area contributed by atoms with E-state index in [-0.39, 0.29) is 23.2 Å². The third-order valence-corrected chi connectivity index (χ3v) is 2.91. The van der Waals surface area contributed by atoms with Crippen molar-refractivity contribution in [2.75, 3.05) is 25.6 Å². The van der Waals surface area contributed by atoms with Crippen molar-refractivity contribution in [3.63, 3.8) is 0 Å². The van der Waals surface area contributed by atoms with E-state index in [1.807, 2.05) is 0 Å². The number of ketones is 1. The molecule has 0 saturated heterocycles. The number of esters is 1. The predicted molar refractivity (Wildman–Crippen MR) is 70.9 cm³/mol. The van der Waals surface area contributed by atoms with Gasteiger partial charge < -0.3 is 9.64 Å². The van der Waals surface area contributed by atoms with E-state index in [4.69, 9.17) is 0 Å². The lowest BCUT2D eigenvalue weighted by atomic mass is 10.1. The van der Waals surface area contributed by atoms with Gasteiger partial charge in [0.2, 0.25) is 0 Å². The lowest BCUT2D eigenvalue weighted by Crippen LogP contribution is -2.30. The minimum Gasteiger partial charge on any atom is -0.469 e. The molecule has 1 aromatic carbocycles. The van der Waals surface area contributed by atoms with Gasteiger partial charge in [-0.2, -0.15) is 0 Å². The molecule has 104 valence electrons. The van der Waals surface area contributed by atoms with Gasteiger partial charge in [-0.15, -0.1) is 0 Å². The minimum absolute atomic E-state index is 0.0436. The number of hydrogen-bond acceptors (Lipinski definition) is 4. The Kier molecular flexibility index (Phi) is 5.03. The molecule has 0 aliphatic rings. The molecule has 1 atom stereocenters. The third-order valence-electron chi connectivity index (χ3n) is 2.91. The normalized spacial score (nSPS) is 11.8. The monoisotopic (exact) mass is 267 g/mol. The summed E-state index contributed by atoms with van der Waals surface area (Å²) < 4.78 is 18.3. The Morgan fingerprint density at radius 3 is 2.58 bits per heavy atom. The molecule has 1 rings (SSSR count). The molecule has 0 N–H and O–H groups in total. The number of hydrogen-bond donors (Lipinski definition) is 0. The highest BCUT2D eigenvalue weighted by Gasteiger charge is 2.20. The number of methoxy groups -OCH3 is 1. The van der Waals surface area contributed by atoms with Gasteiger partial charge in [0.15, 0.2) is 5.78 Å². The molecule has 0 radical (unpaired) electrons. The summed E-state index contributed by atoms with van der Waals surface area (Å²) in [4.78, 5) is 24.6. The number of halogens is 1. The Balaban J connectivity index is 3.00. The van der Waals surface area contributed by atoms with Crippen LogP contribution in [0.25, 0.3) is 0 Å². The summed E-state index contributed by atoms with van der Waals surface area (Å²) in [5.41, 5.74) is 0.519. The molecule has 19 heavy (non-hydrogen) atoms. The Morgan fingerprint density at radius 1 is 1.42 bits per heavy atom. The Labute approximate surface area is 112 Å². The first kappa shape index (κ1) is 15.1. The zero-order chi connectivity index (χ0) is 14.6. The van der Waals surface area contributed by atoms with Crippen molar-refractivity contribution >= 4 is 17.4 Å². The van der Waals surface area contributed by atoms with Crippen LogP contribution >= 0.6 is 0 Å². The quantitative estimate of drug-likeness (QED) is 0.606. The maximum absolute atomic E-state index is 13.7. The fourth-order valence-corrected chi connectivity index (χ4v) is 1.96. The standard InChI is InChI=1S/C14H18FNO3/c1-9(14(18)19-4)8-16(3)12-7-5-6-11(15)13(12)10(2)17/h5-7,9H,8H2,1-4H3/t9-/m1/s1. The first-order valence-corrected chi connectivity index (χ1v) is 5.96. The maximum atomic E-state index is 13.7. The summed E-state index contributed by atoms with van der Waals surface area (Å²) in [7, 11) is 3.03. The van der Waals surface area contributed by atoms with Gasteiger partial charge in [0.1, 0.15) is 5.82 Å². The number of Topliss-reactive ketones (excluding diaryl/α,β-unsaturated/α-hetero) is 1. The Bertz CT molecular complexity index is 488. The number of benzene rings is 1. The number of carbonyl (C=O) groups excluding carboxylic acids is 2. The molecule has 0 heterocycles. The van der Waals surface area contributed by atoms with E-state index in [9.17, 15) is 14.0 Å². The highest BCUT2D eigenvalue weighted by Crippen LogP contribution is 2.23. The smallest absolute Gasteiger partial charge is 0.310 e. The van der Waals surface area contributed by atoms with Crippen LogP contribution in [0.4, 0.5) is 10.1 Å². The molecule has 0 aliphatic heterocycles. The molecule has 0 bridgehead atoms. The Morgan fingerprint density at radius 2 is 2.05 bits per heavy atom. The molecule has 0 unspecified atom stereocenters. The van der Waals surface area contributed by atoms with E-state index in [1.165, 1.54) is 26.2 Å². The van der Waals surface area contributed by atoms with Gasteiger partial charge in [0.25, 0.3) is 0 Å². The average Bonchev–Trinajstić information content (AvgIpc) is 2.36. The number of carbonyl (C=O) groups is 2. The van der Waals surface area contributed by atoms with E-state index in [0.29, 0.717) is 12.2 Å². The first-order chi connectivity index (χ1) is 8.88. The van der Waals surface area contributed by atoms with E-state index in [0.717, 1.165) is 0 Å². The molecular formula is C14H18FNO3. The van der Waals surface area contributed by atoms with Gasteiger partial charge in [-0.3, -0.25) is 9.59 Å². The van der Waals surface area contributed by atoms with Crippen LogP contribution in [0.15, 0.2) is 18.2 Å². The number of rotatable bonds is 5. The van der Waals surface area contributed by atoms with Gasteiger partial charge in [0, 0.05) is 13.6 Å². The molecule has 1 aromatic rings. The summed E-state index contributed by atoms with van der Waals surface area (Å²) in [6.07, 6.45) is 0. The van der Waals surface area contributed by atoms with E-state index < -0.39 is 5.82 Å². The predicted octanol–water partition coefficient (Wildman–Crippen LogP) is 2.27. The second kappa shape index (κ2) is 6.31. The summed E-state index contributed by atoms with van der Waals surface area (Å²) >= 11 is 0. The fourth-order valence-electron chi connectivity index (χ4n) is 1.96. The van der Waals surface area contributed by atoms with Gasteiger partial charge >= 0.3 is 5.97 Å². The highest BCUT2D eigenvalue weighted by molar-refractivity contribution is 6.00. The lowest BCUT2D eigenvalue weighted by Gasteiger charge is -2.24. The van der Waals surface area contributed by atoms with Gasteiger partial charge in [-0.25, -0.2) is 4.39 Å². The van der Waals surface area contributed by atoms with Crippen molar-refractivity contribution in [1.82, 2.24) is 0 Å². The SMILES string of the molecule is COC(=O)[C@H](C)CN(C)c1cccc(F)c1C(C)=O. The second-order valence-electron chi connectivity index (χ2n) is 4.49. The Hall–Kier alpha value is -1.91. The maximum Gasteiger partial charge on any atom is 0.310 e. The molecule has 0 spiro atoms. The van der Waals surface area contributed by atoms with Crippen LogP contribution in [0.2, 0.25) is 0 Å². The molecule has 0 fully saturated rings. The van der Waals surface area contributed by atoms with E-state index >= 15 is 0 Å². The number of anilines is 1. The van der Waals surface area contributed by atoms with Crippen molar-refractivity contribution in [2.24, 2.45) is 5.92 Å². The number of nitrogens with zero attached hydrogens (tertiary/aromatic N) is 1. The average molecular weight is 267 g/mol. The van der Waals surface area contributed by atoms with Crippen molar-refractivity contribution in [3.8, 4) is 0 Å². The zero-order valence-electron chi connectivity index (χ0n) is 11.6. The molecule has 0 aromatic heterocycles. The summed E-state index contributed by atoms with van der Waals surface area (Å²) in [6.45, 7) is 3.38. The van der Waals surface area contributed by atoms with Gasteiger partial charge in [-0.1, -0.05) is 13.0 Å². The summed E-state index contributed by atoms with van der Waals surface area (Å²) in [5.74, 6) is -1.60. The van der Waals surface area contributed by atoms with E-state index in [1.54, 1.807) is 24.9 Å². The zero-order valence-corrected chi connectivity index (χ0v) is 11.6. The number of ether oxygens (including phenoxy) is 1. The summed E-state index contributed by atoms with van der Waals surface area (Å²) in [5, 5.41) is 0. The van der Waals surface area contributed by atoms with Crippen molar-refractivity contribution < 1.29 is 18.7 Å². The fraction of sp³-hybridized carbons (Fsp3) is 0.429. The third kappa shape index (κ3) is 3.53. The van der Waals surface area contributed by atoms with Gasteiger partial charge in [-0.05, 0) is 19.1 Å². The molecular weight excluding hydrogens is 249 g/mol. The van der Waals surface area contributed by atoms with E-state index in [2.05, 4.69) is 4.74 Å². The van der Waals surface area contributed by atoms with Crippen LogP contribution in [-0.2, 0) is 9.53 Å². The molecule has 0 amide bonds. The van der Waals surface area contributed by atoms with Crippen LogP contribution in [-0.4, -0.2) is 32.5 Å². The van der Waals surface area contributed by atoms with Crippen molar-refractivity contribution in [2.45, 2.75) is 13.8 Å². The first-order valence-electron chi connectivity index (χ1n) is 5.96. The topological polar surface area (TPSA) is 46.6 Å². The molecule has 4 nitrogen and oxygen atoms in total. The van der Waals surface area contributed by atoms with Crippen LogP contribution in [0.5, 0.6) is 0 Å².